The van der Waals surface area contributed by atoms with Crippen molar-refractivity contribution in [3.8, 4) is 5.75 Å². The summed E-state index contributed by atoms with van der Waals surface area (Å²) in [6.45, 7) is 1.33. The molecule has 3 aliphatic rings. The Hall–Kier alpha value is -2.24. The summed E-state index contributed by atoms with van der Waals surface area (Å²) in [4.78, 5) is 25.5. The predicted molar refractivity (Wildman–Crippen MR) is 96.2 cm³/mol. The highest BCUT2D eigenvalue weighted by molar-refractivity contribution is 5.75. The zero-order valence-corrected chi connectivity index (χ0v) is 14.9. The molecule has 1 aromatic carbocycles. The molecule has 2 amide bonds. The molecule has 2 heterocycles. The Morgan fingerprint density at radius 1 is 1.15 bits per heavy atom. The molecular formula is C20H26N2O4. The van der Waals surface area contributed by atoms with E-state index in [2.05, 4.69) is 11.4 Å². The summed E-state index contributed by atoms with van der Waals surface area (Å²) in [6, 6.07) is 8.19. The molecule has 0 aromatic heterocycles. The first-order valence-electron chi connectivity index (χ1n) is 9.60. The van der Waals surface area contributed by atoms with Crippen LogP contribution in [-0.2, 0) is 11.2 Å². The van der Waals surface area contributed by atoms with Crippen LogP contribution in [0.4, 0.5) is 4.79 Å². The van der Waals surface area contributed by atoms with Crippen LogP contribution in [0.15, 0.2) is 24.3 Å². The Bertz CT molecular complexity index is 699. The number of nitrogens with one attached hydrogen (secondary N) is 1. The molecule has 6 heteroatoms. The van der Waals surface area contributed by atoms with Crippen molar-refractivity contribution in [1.29, 1.82) is 0 Å². The van der Waals surface area contributed by atoms with Gasteiger partial charge in [-0.15, -0.1) is 0 Å². The summed E-state index contributed by atoms with van der Waals surface area (Å²) in [7, 11) is 0. The van der Waals surface area contributed by atoms with Crippen molar-refractivity contribution in [2.45, 2.75) is 56.6 Å². The summed E-state index contributed by atoms with van der Waals surface area (Å²) < 4.78 is 6.30. The van der Waals surface area contributed by atoms with Crippen LogP contribution in [0.25, 0.3) is 0 Å². The van der Waals surface area contributed by atoms with Gasteiger partial charge in [-0.2, -0.15) is 0 Å². The van der Waals surface area contributed by atoms with E-state index >= 15 is 0 Å². The number of urea groups is 1. The maximum Gasteiger partial charge on any atom is 0.317 e. The molecular weight excluding hydrogens is 332 g/mol. The van der Waals surface area contributed by atoms with Crippen LogP contribution in [0.2, 0.25) is 0 Å². The number of carboxylic acids is 1. The minimum absolute atomic E-state index is 0.0388. The molecule has 2 aliphatic heterocycles. The van der Waals surface area contributed by atoms with Crippen molar-refractivity contribution in [3.05, 3.63) is 29.8 Å². The topological polar surface area (TPSA) is 78.9 Å². The van der Waals surface area contributed by atoms with Crippen LogP contribution in [0.1, 0.15) is 44.1 Å². The Labute approximate surface area is 153 Å². The lowest BCUT2D eigenvalue weighted by atomic mass is 9.86. The highest BCUT2D eigenvalue weighted by atomic mass is 16.5. The molecule has 2 N–H and O–H groups in total. The number of ether oxygens (including phenoxy) is 1. The van der Waals surface area contributed by atoms with Gasteiger partial charge in [-0.1, -0.05) is 18.2 Å². The molecule has 1 saturated heterocycles. The Morgan fingerprint density at radius 2 is 1.92 bits per heavy atom. The quantitative estimate of drug-likeness (QED) is 0.852. The fraction of sp³-hybridized carbons (Fsp3) is 0.600. The van der Waals surface area contributed by atoms with Crippen molar-refractivity contribution in [3.63, 3.8) is 0 Å². The van der Waals surface area contributed by atoms with E-state index < -0.39 is 5.97 Å². The van der Waals surface area contributed by atoms with Crippen LogP contribution < -0.4 is 10.1 Å². The monoisotopic (exact) mass is 358 g/mol. The number of likely N-dealkylation sites (tertiary alicyclic amines) is 1. The molecule has 1 spiro atoms. The second kappa shape index (κ2) is 6.82. The Morgan fingerprint density at radius 3 is 2.69 bits per heavy atom. The molecule has 1 atom stereocenters. The molecule has 0 radical (unpaired) electrons. The number of carbonyl (C=O) groups is 2. The summed E-state index contributed by atoms with van der Waals surface area (Å²) in [6.07, 6.45) is 5.56. The van der Waals surface area contributed by atoms with E-state index in [-0.39, 0.29) is 23.6 Å². The number of aliphatic carboxylic acids is 1. The highest BCUT2D eigenvalue weighted by Gasteiger charge is 2.44. The van der Waals surface area contributed by atoms with Crippen molar-refractivity contribution < 1.29 is 19.4 Å². The van der Waals surface area contributed by atoms with E-state index in [1.807, 2.05) is 23.1 Å². The largest absolute Gasteiger partial charge is 0.485 e. The summed E-state index contributed by atoms with van der Waals surface area (Å²) >= 11 is 0. The number of carbonyl (C=O) groups excluding carboxylic acids is 1. The van der Waals surface area contributed by atoms with Gasteiger partial charge in [0.1, 0.15) is 11.4 Å². The lowest BCUT2D eigenvalue weighted by Crippen LogP contribution is -2.48. The minimum atomic E-state index is -0.717. The molecule has 1 unspecified atom stereocenters. The number of amides is 2. The minimum Gasteiger partial charge on any atom is -0.485 e. The van der Waals surface area contributed by atoms with Gasteiger partial charge in [0, 0.05) is 19.0 Å². The van der Waals surface area contributed by atoms with E-state index in [1.165, 1.54) is 5.56 Å². The van der Waals surface area contributed by atoms with Gasteiger partial charge >= 0.3 is 12.0 Å². The van der Waals surface area contributed by atoms with Gasteiger partial charge < -0.3 is 20.1 Å². The number of aryl methyl sites for hydroxylation is 1. The normalized spacial score (nSPS) is 30.5. The molecule has 6 nitrogen and oxygen atoms in total. The molecule has 1 aromatic rings. The van der Waals surface area contributed by atoms with E-state index in [0.717, 1.165) is 37.9 Å². The second-order valence-electron chi connectivity index (χ2n) is 7.90. The maximum absolute atomic E-state index is 12.6. The average molecular weight is 358 g/mol. The van der Waals surface area contributed by atoms with Gasteiger partial charge in [0.05, 0.1) is 12.5 Å². The molecule has 2 fully saturated rings. The fourth-order valence-electron chi connectivity index (χ4n) is 4.51. The standard InChI is InChI=1S/C20H26N2O4/c23-18(24)15-5-7-16(8-6-15)21-19(25)22-12-11-20(13-22)10-9-14-3-1-2-4-17(14)26-20/h1-4,15-16H,5-13H2,(H,21,25)(H,23,24). The van der Waals surface area contributed by atoms with E-state index in [4.69, 9.17) is 9.84 Å². The number of carboxylic acid groups (broad SMARTS) is 1. The van der Waals surface area contributed by atoms with E-state index in [9.17, 15) is 9.59 Å². The Balaban J connectivity index is 1.32. The molecule has 1 saturated carbocycles. The van der Waals surface area contributed by atoms with Crippen molar-refractivity contribution in [2.24, 2.45) is 5.92 Å². The molecule has 1 aliphatic carbocycles. The van der Waals surface area contributed by atoms with Gasteiger partial charge in [0.2, 0.25) is 0 Å². The highest BCUT2D eigenvalue weighted by Crippen LogP contribution is 2.38. The van der Waals surface area contributed by atoms with E-state index in [0.29, 0.717) is 25.9 Å². The lowest BCUT2D eigenvalue weighted by Gasteiger charge is -2.35. The molecule has 4 rings (SSSR count). The van der Waals surface area contributed by atoms with Crippen LogP contribution >= 0.6 is 0 Å². The number of para-hydroxylation sites is 1. The van der Waals surface area contributed by atoms with Crippen molar-refractivity contribution in [1.82, 2.24) is 10.2 Å². The number of benzene rings is 1. The predicted octanol–water partition coefficient (Wildman–Crippen LogP) is 2.81. The number of hydrogen-bond donors (Lipinski definition) is 2. The molecule has 0 bridgehead atoms. The third kappa shape index (κ3) is 3.37. The summed E-state index contributed by atoms with van der Waals surface area (Å²) in [5, 5.41) is 12.2. The lowest BCUT2D eigenvalue weighted by molar-refractivity contribution is -0.142. The van der Waals surface area contributed by atoms with Gasteiger partial charge in [0.25, 0.3) is 0 Å². The third-order valence-corrected chi connectivity index (χ3v) is 6.16. The Kier molecular flexibility index (Phi) is 4.51. The maximum atomic E-state index is 12.6. The SMILES string of the molecule is O=C(O)C1CCC(NC(=O)N2CCC3(CCc4ccccc4O3)C2)CC1. The number of nitrogens with zero attached hydrogens (tertiary/aromatic N) is 1. The van der Waals surface area contributed by atoms with E-state index in [1.54, 1.807) is 0 Å². The van der Waals surface area contributed by atoms with Crippen molar-refractivity contribution in [2.75, 3.05) is 13.1 Å². The first kappa shape index (κ1) is 17.2. The summed E-state index contributed by atoms with van der Waals surface area (Å²) in [5.41, 5.74) is 0.989. The summed E-state index contributed by atoms with van der Waals surface area (Å²) in [5.74, 6) is -0.0205. The van der Waals surface area contributed by atoms with Gasteiger partial charge in [-0.05, 0) is 50.2 Å². The van der Waals surface area contributed by atoms with Crippen LogP contribution in [-0.4, -0.2) is 46.7 Å². The molecule has 140 valence electrons. The van der Waals surface area contributed by atoms with Gasteiger partial charge in [-0.25, -0.2) is 4.79 Å². The molecule has 26 heavy (non-hydrogen) atoms. The third-order valence-electron chi connectivity index (χ3n) is 6.16. The average Bonchev–Trinajstić information content (AvgIpc) is 3.05. The first-order chi connectivity index (χ1) is 12.5. The number of rotatable bonds is 2. The van der Waals surface area contributed by atoms with Crippen LogP contribution in [0.5, 0.6) is 5.75 Å². The smallest absolute Gasteiger partial charge is 0.317 e. The van der Waals surface area contributed by atoms with Gasteiger partial charge in [0.15, 0.2) is 0 Å². The van der Waals surface area contributed by atoms with Crippen LogP contribution in [0, 0.1) is 5.92 Å². The van der Waals surface area contributed by atoms with Crippen LogP contribution in [0.3, 0.4) is 0 Å². The fourth-order valence-corrected chi connectivity index (χ4v) is 4.51. The number of fused-ring (bicyclic) bond motifs is 1. The zero-order valence-electron chi connectivity index (χ0n) is 14.9. The first-order valence-corrected chi connectivity index (χ1v) is 9.60. The second-order valence-corrected chi connectivity index (χ2v) is 7.90. The van der Waals surface area contributed by atoms with Crippen molar-refractivity contribution >= 4 is 12.0 Å². The number of hydrogen-bond acceptors (Lipinski definition) is 3. The zero-order chi connectivity index (χ0) is 18.1. The van der Waals surface area contributed by atoms with Gasteiger partial charge in [-0.3, -0.25) is 4.79 Å².